The van der Waals surface area contributed by atoms with Crippen LogP contribution in [-0.2, 0) is 4.79 Å². The van der Waals surface area contributed by atoms with Crippen LogP contribution >= 0.6 is 0 Å². The number of benzene rings is 2. The average Bonchev–Trinajstić information content (AvgIpc) is 2.46. The molecule has 0 unspecified atom stereocenters. The first-order valence-corrected chi connectivity index (χ1v) is 5.70. The largest absolute Gasteiger partial charge is 0.486 e. The number of hydrogen-bond donors (Lipinski definition) is 1. The van der Waals surface area contributed by atoms with E-state index in [9.17, 15) is 4.79 Å². The van der Waals surface area contributed by atoms with Gasteiger partial charge < -0.3 is 9.84 Å². The Kier molecular flexibility index (Phi) is 4.10. The maximum atomic E-state index is 10.9. The molecule has 3 nitrogen and oxygen atoms in total. The second kappa shape index (κ2) is 5.98. The van der Waals surface area contributed by atoms with Gasteiger partial charge in [-0.25, -0.2) is 0 Å². The van der Waals surface area contributed by atoms with Crippen LogP contribution in [0.3, 0.4) is 0 Å². The van der Waals surface area contributed by atoms with Crippen molar-refractivity contribution in [2.45, 2.75) is 0 Å². The Hall–Kier alpha value is -2.13. The highest BCUT2D eigenvalue weighted by Crippen LogP contribution is 2.21. The zero-order valence-electron chi connectivity index (χ0n) is 9.87. The molecule has 2 aromatic rings. The molecule has 18 heavy (non-hydrogen) atoms. The molecule has 0 spiro atoms. The lowest BCUT2D eigenvalue weighted by molar-refractivity contribution is -0.123. The lowest BCUT2D eigenvalue weighted by Crippen LogP contribution is -2.14. The fourth-order valence-electron chi connectivity index (χ4n) is 1.58. The highest BCUT2D eigenvalue weighted by atomic mass is 16.5. The third-order valence-corrected chi connectivity index (χ3v) is 2.54. The van der Waals surface area contributed by atoms with Crippen molar-refractivity contribution in [2.75, 3.05) is 13.2 Å². The summed E-state index contributed by atoms with van der Waals surface area (Å²) in [5, 5.41) is 8.58. The summed E-state index contributed by atoms with van der Waals surface area (Å²) >= 11 is 0. The van der Waals surface area contributed by atoms with Gasteiger partial charge >= 0.3 is 0 Å². The molecule has 0 saturated heterocycles. The molecule has 0 aliphatic carbocycles. The van der Waals surface area contributed by atoms with E-state index >= 15 is 0 Å². The van der Waals surface area contributed by atoms with Gasteiger partial charge in [0.15, 0.2) is 5.78 Å². The molecule has 1 N–H and O–H groups in total. The first-order valence-electron chi connectivity index (χ1n) is 5.70. The third-order valence-electron chi connectivity index (χ3n) is 2.54. The fraction of sp³-hybridized carbons (Fsp3) is 0.133. The molecule has 0 aliphatic rings. The predicted octanol–water partition coefficient (Wildman–Crippen LogP) is 2.29. The standard InChI is InChI=1S/C15H14O3/c16-10-14(17)11-18-15-8-6-13(7-9-15)12-4-2-1-3-5-12/h1-9,16H,10-11H2. The first-order chi connectivity index (χ1) is 8.79. The molecule has 0 aromatic heterocycles. The van der Waals surface area contributed by atoms with E-state index in [1.54, 1.807) is 0 Å². The number of aliphatic hydroxyl groups excluding tert-OH is 1. The van der Waals surface area contributed by atoms with E-state index in [1.807, 2.05) is 54.6 Å². The third kappa shape index (κ3) is 3.18. The Morgan fingerprint density at radius 3 is 2.17 bits per heavy atom. The number of aliphatic hydroxyl groups is 1. The SMILES string of the molecule is O=C(CO)COc1ccc(-c2ccccc2)cc1. The van der Waals surface area contributed by atoms with Gasteiger partial charge in [-0.1, -0.05) is 42.5 Å². The maximum Gasteiger partial charge on any atom is 0.195 e. The van der Waals surface area contributed by atoms with E-state index in [0.717, 1.165) is 11.1 Å². The minimum Gasteiger partial charge on any atom is -0.486 e. The van der Waals surface area contributed by atoms with Crippen LogP contribution in [0.2, 0.25) is 0 Å². The van der Waals surface area contributed by atoms with Gasteiger partial charge in [-0.15, -0.1) is 0 Å². The summed E-state index contributed by atoms with van der Waals surface area (Å²) in [6.07, 6.45) is 0. The Bertz CT molecular complexity index is 503. The molecule has 0 heterocycles. The summed E-state index contributed by atoms with van der Waals surface area (Å²) in [7, 11) is 0. The Morgan fingerprint density at radius 2 is 1.56 bits per heavy atom. The Morgan fingerprint density at radius 1 is 0.944 bits per heavy atom. The van der Waals surface area contributed by atoms with Crippen LogP contribution in [0.5, 0.6) is 5.75 Å². The number of carbonyl (C=O) groups excluding carboxylic acids is 1. The van der Waals surface area contributed by atoms with Crippen molar-refractivity contribution in [1.82, 2.24) is 0 Å². The normalized spacial score (nSPS) is 10.1. The average molecular weight is 242 g/mol. The first kappa shape index (κ1) is 12.3. The number of hydrogen-bond acceptors (Lipinski definition) is 3. The van der Waals surface area contributed by atoms with Crippen LogP contribution in [0.4, 0.5) is 0 Å². The van der Waals surface area contributed by atoms with Crippen molar-refractivity contribution in [1.29, 1.82) is 0 Å². The molecule has 92 valence electrons. The van der Waals surface area contributed by atoms with Crippen molar-refractivity contribution in [3.8, 4) is 16.9 Å². The summed E-state index contributed by atoms with van der Waals surface area (Å²) in [6, 6.07) is 17.5. The van der Waals surface area contributed by atoms with Gasteiger partial charge in [0, 0.05) is 0 Å². The van der Waals surface area contributed by atoms with Crippen molar-refractivity contribution in [3.63, 3.8) is 0 Å². The summed E-state index contributed by atoms with van der Waals surface area (Å²) < 4.78 is 5.24. The Balaban J connectivity index is 2.04. The summed E-state index contributed by atoms with van der Waals surface area (Å²) in [5.74, 6) is 0.290. The van der Waals surface area contributed by atoms with E-state index in [0.29, 0.717) is 5.75 Å². The lowest BCUT2D eigenvalue weighted by Gasteiger charge is -2.06. The molecule has 0 atom stereocenters. The van der Waals surface area contributed by atoms with Gasteiger partial charge in [-0.2, -0.15) is 0 Å². The summed E-state index contributed by atoms with van der Waals surface area (Å²) in [6.45, 7) is -0.580. The predicted molar refractivity (Wildman–Crippen MR) is 69.5 cm³/mol. The molecule has 0 radical (unpaired) electrons. The zero-order valence-corrected chi connectivity index (χ0v) is 9.87. The minimum absolute atomic E-state index is 0.0960. The molecule has 0 aliphatic heterocycles. The molecular formula is C15H14O3. The summed E-state index contributed by atoms with van der Waals surface area (Å²) in [4.78, 5) is 10.9. The second-order valence-electron chi connectivity index (χ2n) is 3.88. The van der Waals surface area contributed by atoms with E-state index in [-0.39, 0.29) is 12.4 Å². The Labute approximate surface area is 106 Å². The van der Waals surface area contributed by atoms with Gasteiger partial charge in [0.25, 0.3) is 0 Å². The van der Waals surface area contributed by atoms with E-state index in [2.05, 4.69) is 0 Å². The molecule has 0 bridgehead atoms. The van der Waals surface area contributed by atoms with E-state index in [1.165, 1.54) is 0 Å². The van der Waals surface area contributed by atoms with E-state index in [4.69, 9.17) is 9.84 Å². The number of ether oxygens (including phenoxy) is 1. The second-order valence-corrected chi connectivity index (χ2v) is 3.88. The molecule has 2 rings (SSSR count). The smallest absolute Gasteiger partial charge is 0.195 e. The number of carbonyl (C=O) groups is 1. The molecule has 0 amide bonds. The van der Waals surface area contributed by atoms with Crippen molar-refractivity contribution in [3.05, 3.63) is 54.6 Å². The zero-order chi connectivity index (χ0) is 12.8. The van der Waals surface area contributed by atoms with Crippen LogP contribution < -0.4 is 4.74 Å². The highest BCUT2D eigenvalue weighted by molar-refractivity contribution is 5.80. The van der Waals surface area contributed by atoms with Crippen LogP contribution in [0.1, 0.15) is 0 Å². The quantitative estimate of drug-likeness (QED) is 0.875. The van der Waals surface area contributed by atoms with Gasteiger partial charge in [0.2, 0.25) is 0 Å². The van der Waals surface area contributed by atoms with Crippen LogP contribution in [0.25, 0.3) is 11.1 Å². The topological polar surface area (TPSA) is 46.5 Å². The monoisotopic (exact) mass is 242 g/mol. The van der Waals surface area contributed by atoms with Crippen LogP contribution in [0.15, 0.2) is 54.6 Å². The van der Waals surface area contributed by atoms with Crippen molar-refractivity contribution < 1.29 is 14.6 Å². The van der Waals surface area contributed by atoms with Gasteiger partial charge in [-0.3, -0.25) is 4.79 Å². The van der Waals surface area contributed by atoms with E-state index < -0.39 is 6.61 Å². The van der Waals surface area contributed by atoms with Crippen molar-refractivity contribution >= 4 is 5.78 Å². The number of rotatable bonds is 5. The molecular weight excluding hydrogens is 228 g/mol. The highest BCUT2D eigenvalue weighted by Gasteiger charge is 2.01. The van der Waals surface area contributed by atoms with Crippen LogP contribution in [-0.4, -0.2) is 24.1 Å². The van der Waals surface area contributed by atoms with Gasteiger partial charge in [-0.05, 0) is 23.3 Å². The molecule has 2 aromatic carbocycles. The summed E-state index contributed by atoms with van der Waals surface area (Å²) in [5.41, 5.74) is 2.23. The molecule has 0 fully saturated rings. The van der Waals surface area contributed by atoms with Crippen LogP contribution in [0, 0.1) is 0 Å². The fourth-order valence-corrected chi connectivity index (χ4v) is 1.58. The minimum atomic E-state index is -0.484. The lowest BCUT2D eigenvalue weighted by atomic mass is 10.1. The number of Topliss-reactive ketones (excluding diaryl/α,β-unsaturated/α-hetero) is 1. The van der Waals surface area contributed by atoms with Gasteiger partial charge in [0.1, 0.15) is 19.0 Å². The number of ketones is 1. The van der Waals surface area contributed by atoms with Gasteiger partial charge in [0.05, 0.1) is 0 Å². The van der Waals surface area contributed by atoms with Crippen molar-refractivity contribution in [2.24, 2.45) is 0 Å². The maximum absolute atomic E-state index is 10.9. The molecule has 3 heteroatoms. The molecule has 0 saturated carbocycles.